The van der Waals surface area contributed by atoms with Crippen molar-refractivity contribution in [3.05, 3.63) is 17.5 Å². The highest BCUT2D eigenvalue weighted by Gasteiger charge is 2.18. The molecule has 2 rings (SSSR count). The summed E-state index contributed by atoms with van der Waals surface area (Å²) in [4.78, 5) is 0.390. The van der Waals surface area contributed by atoms with Crippen LogP contribution < -0.4 is 16.3 Å². The van der Waals surface area contributed by atoms with Gasteiger partial charge in [-0.2, -0.15) is 0 Å². The number of nitrogen functional groups attached to an aromatic ring is 2. The molecule has 0 amide bonds. The molecule has 6 N–H and O–H groups in total. The zero-order chi connectivity index (χ0) is 10.5. The van der Waals surface area contributed by atoms with E-state index in [0.29, 0.717) is 0 Å². The molecule has 0 radical (unpaired) electrons. The van der Waals surface area contributed by atoms with Crippen LogP contribution in [0.1, 0.15) is 0 Å². The maximum atomic E-state index is 11.0. The second kappa shape index (κ2) is 2.34. The van der Waals surface area contributed by atoms with Crippen LogP contribution in [-0.4, -0.2) is 15.2 Å². The van der Waals surface area contributed by atoms with E-state index in [2.05, 4.69) is 0 Å². The van der Waals surface area contributed by atoms with E-state index in [9.17, 15) is 15.5 Å². The summed E-state index contributed by atoms with van der Waals surface area (Å²) in [5, 5.41) is 29.8. The van der Waals surface area contributed by atoms with E-state index >= 15 is 0 Å². The fourth-order valence-corrected chi connectivity index (χ4v) is 1.32. The van der Waals surface area contributed by atoms with Gasteiger partial charge >= 0.3 is 0 Å². The topological polar surface area (TPSA) is 124 Å². The van der Waals surface area contributed by atoms with Crippen LogP contribution in [0.15, 0.2) is 12.3 Å². The molecule has 14 heavy (non-hydrogen) atoms. The number of hydrogen-bond acceptors (Lipinski definition) is 5. The molecule has 0 fully saturated rings. The molecule has 0 aliphatic carbocycles. The number of nitrogens with zero attached hydrogens (tertiary/aromatic N) is 2. The average molecular weight is 196 g/mol. The third-order valence-electron chi connectivity index (χ3n) is 2.02. The smallest absolute Gasteiger partial charge is 0.223 e. The predicted molar refractivity (Wildman–Crippen MR) is 48.6 cm³/mol. The van der Waals surface area contributed by atoms with Gasteiger partial charge in [0.15, 0.2) is 5.75 Å². The molecule has 0 atom stereocenters. The van der Waals surface area contributed by atoms with Crippen LogP contribution in [0.2, 0.25) is 0 Å². The number of anilines is 2. The van der Waals surface area contributed by atoms with Gasteiger partial charge in [0.2, 0.25) is 11.7 Å². The molecule has 0 unspecified atom stereocenters. The molecular weight excluding hydrogens is 188 g/mol. The number of nitrogens with two attached hydrogens (primary N) is 2. The molecule has 7 nitrogen and oxygen atoms in total. The summed E-state index contributed by atoms with van der Waals surface area (Å²) in [6.07, 6.45) is 1.03. The lowest BCUT2D eigenvalue weighted by Crippen LogP contribution is -2.34. The van der Waals surface area contributed by atoms with Crippen molar-refractivity contribution in [3.63, 3.8) is 0 Å². The molecule has 0 aliphatic rings. The van der Waals surface area contributed by atoms with Gasteiger partial charge < -0.3 is 27.0 Å². The highest BCUT2D eigenvalue weighted by molar-refractivity contribution is 5.99. The van der Waals surface area contributed by atoms with Crippen molar-refractivity contribution in [1.82, 2.24) is 4.85 Å². The van der Waals surface area contributed by atoms with Crippen LogP contribution in [0.3, 0.4) is 0 Å². The van der Waals surface area contributed by atoms with Crippen LogP contribution in [-0.2, 0) is 0 Å². The number of aromatic nitrogens is 2. The van der Waals surface area contributed by atoms with Gasteiger partial charge in [-0.05, 0) is 4.85 Å². The lowest BCUT2D eigenvalue weighted by Gasteiger charge is -2.01. The SMILES string of the molecule is Nc1cc(O)c2c(c[n+]([O-])n2O)c1N. The summed E-state index contributed by atoms with van der Waals surface area (Å²) in [7, 11) is 0. The number of hydrogen-bond donors (Lipinski definition) is 4. The highest BCUT2D eigenvalue weighted by Crippen LogP contribution is 2.32. The van der Waals surface area contributed by atoms with E-state index in [1.165, 1.54) is 6.07 Å². The standard InChI is InChI=1S/C7H8N4O3/c8-4-1-5(12)7-3(6(4)9)2-10(13)11(7)14/h1-2,12,14H,8-9H2. The van der Waals surface area contributed by atoms with Crippen LogP contribution in [0, 0.1) is 5.21 Å². The van der Waals surface area contributed by atoms with Gasteiger partial charge in [0, 0.05) is 10.9 Å². The van der Waals surface area contributed by atoms with E-state index in [0.717, 1.165) is 6.20 Å². The first kappa shape index (κ1) is 8.30. The van der Waals surface area contributed by atoms with Crippen LogP contribution >= 0.6 is 0 Å². The van der Waals surface area contributed by atoms with Crippen LogP contribution in [0.4, 0.5) is 11.4 Å². The maximum Gasteiger partial charge on any atom is 0.223 e. The Balaban J connectivity index is 3.02. The van der Waals surface area contributed by atoms with Gasteiger partial charge in [-0.1, -0.05) is 0 Å². The fraction of sp³-hybridized carbons (Fsp3) is 0. The van der Waals surface area contributed by atoms with E-state index in [4.69, 9.17) is 11.5 Å². The Kier molecular flexibility index (Phi) is 1.39. The fourth-order valence-electron chi connectivity index (χ4n) is 1.32. The number of phenols is 1. The Bertz CT molecular complexity index is 519. The van der Waals surface area contributed by atoms with Crippen LogP contribution in [0.25, 0.3) is 10.9 Å². The average Bonchev–Trinajstić information content (AvgIpc) is 2.40. The number of benzene rings is 1. The molecule has 0 saturated carbocycles. The number of phenolic OH excluding ortho intramolecular Hbond substituents is 1. The largest absolute Gasteiger partial charge is 0.594 e. The minimum absolute atomic E-state index is 0.0632. The molecule has 7 heteroatoms. The van der Waals surface area contributed by atoms with Gasteiger partial charge in [0.05, 0.1) is 11.4 Å². The van der Waals surface area contributed by atoms with E-state index in [1.54, 1.807) is 0 Å². The van der Waals surface area contributed by atoms with Crippen molar-refractivity contribution in [2.75, 3.05) is 11.5 Å². The number of aromatic hydroxyl groups is 1. The monoisotopic (exact) mass is 196 g/mol. The molecule has 0 bridgehead atoms. The number of fused-ring (bicyclic) bond motifs is 1. The zero-order valence-corrected chi connectivity index (χ0v) is 7.01. The molecule has 0 saturated heterocycles. The maximum absolute atomic E-state index is 11.0. The summed E-state index contributed by atoms with van der Waals surface area (Å²) >= 11 is 0. The van der Waals surface area contributed by atoms with Gasteiger partial charge in [-0.3, -0.25) is 0 Å². The summed E-state index contributed by atoms with van der Waals surface area (Å²) < 4.78 is 0. The minimum Gasteiger partial charge on any atom is -0.594 e. The van der Waals surface area contributed by atoms with Crippen molar-refractivity contribution in [2.24, 2.45) is 0 Å². The van der Waals surface area contributed by atoms with Gasteiger partial charge in [0.1, 0.15) is 5.39 Å². The van der Waals surface area contributed by atoms with Crippen molar-refractivity contribution in [1.29, 1.82) is 0 Å². The molecule has 1 aromatic heterocycles. The lowest BCUT2D eigenvalue weighted by molar-refractivity contribution is -0.722. The third-order valence-corrected chi connectivity index (χ3v) is 2.02. The highest BCUT2D eigenvalue weighted by atomic mass is 16.6. The summed E-state index contributed by atoms with van der Waals surface area (Å²) in [5.41, 5.74) is 11.3. The summed E-state index contributed by atoms with van der Waals surface area (Å²) in [6.45, 7) is 0. The van der Waals surface area contributed by atoms with Gasteiger partial charge in [0.25, 0.3) is 0 Å². The molecular formula is C7H8N4O3. The second-order valence-electron chi connectivity index (χ2n) is 2.88. The summed E-state index contributed by atoms with van der Waals surface area (Å²) in [6, 6.07) is 1.17. The lowest BCUT2D eigenvalue weighted by atomic mass is 10.2. The zero-order valence-electron chi connectivity index (χ0n) is 7.01. The third kappa shape index (κ3) is 0.830. The van der Waals surface area contributed by atoms with Crippen LogP contribution in [0.5, 0.6) is 5.75 Å². The minimum atomic E-state index is -0.302. The Morgan fingerprint density at radius 2 is 2.07 bits per heavy atom. The van der Waals surface area contributed by atoms with E-state index in [1.807, 2.05) is 0 Å². The first-order valence-corrected chi connectivity index (χ1v) is 3.73. The Labute approximate surface area is 77.9 Å². The van der Waals surface area contributed by atoms with Gasteiger partial charge in [-0.25, -0.2) is 0 Å². The molecule has 2 aromatic rings. The molecule has 1 aromatic carbocycles. The molecule has 1 heterocycles. The van der Waals surface area contributed by atoms with Crippen molar-refractivity contribution < 1.29 is 15.2 Å². The molecule has 0 aliphatic heterocycles. The predicted octanol–water partition coefficient (Wildman–Crippen LogP) is -0.618. The summed E-state index contributed by atoms with van der Waals surface area (Å²) in [5.74, 6) is -0.302. The molecule has 0 spiro atoms. The van der Waals surface area contributed by atoms with E-state index < -0.39 is 0 Å². The van der Waals surface area contributed by atoms with E-state index in [-0.39, 0.29) is 37.7 Å². The van der Waals surface area contributed by atoms with Crippen molar-refractivity contribution >= 4 is 22.3 Å². The molecule has 74 valence electrons. The van der Waals surface area contributed by atoms with Gasteiger partial charge in [-0.15, -0.1) is 0 Å². The first-order valence-electron chi connectivity index (χ1n) is 3.73. The van der Waals surface area contributed by atoms with Crippen molar-refractivity contribution in [3.8, 4) is 5.75 Å². The quantitative estimate of drug-likeness (QED) is 0.147. The van der Waals surface area contributed by atoms with Crippen molar-refractivity contribution in [2.45, 2.75) is 0 Å². The Morgan fingerprint density at radius 1 is 1.43 bits per heavy atom. The number of rotatable bonds is 0. The second-order valence-corrected chi connectivity index (χ2v) is 2.88. The Hall–Kier alpha value is -2.31. The first-order chi connectivity index (χ1) is 6.52. The Morgan fingerprint density at radius 3 is 2.71 bits per heavy atom. The normalized spacial score (nSPS) is 10.9.